The van der Waals surface area contributed by atoms with Gasteiger partial charge in [0.25, 0.3) is 0 Å². The normalized spacial score (nSPS) is 22.0. The quantitative estimate of drug-likeness (QED) is 0.457. The highest BCUT2D eigenvalue weighted by atomic mass is 32.2. The molecule has 0 amide bonds. The van der Waals surface area contributed by atoms with Gasteiger partial charge in [-0.15, -0.1) is 0 Å². The standard InChI is InChI=1S/C17H31F3N4O3S/c1-3-21-15(22-13-16(7-4-8-16)9-12-27-2)23-14-5-10-24(11-6-14)28(25,26)17(18,19)20/h14H,3-13H2,1-2H3,(H2,21,22,23). The molecule has 0 radical (unpaired) electrons. The monoisotopic (exact) mass is 428 g/mol. The zero-order valence-corrected chi connectivity index (χ0v) is 17.3. The summed E-state index contributed by atoms with van der Waals surface area (Å²) in [5.41, 5.74) is -5.08. The fourth-order valence-corrected chi connectivity index (χ4v) is 4.61. The molecule has 2 aliphatic rings. The Bertz CT molecular complexity index is 628. The zero-order chi connectivity index (χ0) is 20.8. The van der Waals surface area contributed by atoms with E-state index in [0.29, 0.717) is 42.8 Å². The van der Waals surface area contributed by atoms with Crippen molar-refractivity contribution in [3.8, 4) is 0 Å². The molecule has 7 nitrogen and oxygen atoms in total. The third kappa shape index (κ3) is 5.73. The summed E-state index contributed by atoms with van der Waals surface area (Å²) in [5.74, 6) is 0.628. The van der Waals surface area contributed by atoms with Crippen LogP contribution in [0.15, 0.2) is 4.99 Å². The van der Waals surface area contributed by atoms with Crippen LogP contribution in [0.3, 0.4) is 0 Å². The Kier molecular flexibility index (Phi) is 7.97. The third-order valence-corrected chi connectivity index (χ3v) is 7.22. The van der Waals surface area contributed by atoms with Crippen molar-refractivity contribution >= 4 is 16.0 Å². The van der Waals surface area contributed by atoms with Crippen LogP contribution in [0.1, 0.15) is 45.4 Å². The Balaban J connectivity index is 1.91. The highest BCUT2D eigenvalue weighted by molar-refractivity contribution is 7.90. The van der Waals surface area contributed by atoms with Crippen LogP contribution in [0, 0.1) is 5.41 Å². The smallest absolute Gasteiger partial charge is 0.385 e. The van der Waals surface area contributed by atoms with E-state index in [1.54, 1.807) is 7.11 Å². The average Bonchev–Trinajstić information content (AvgIpc) is 2.60. The summed E-state index contributed by atoms with van der Waals surface area (Å²) in [5, 5.41) is 6.42. The minimum absolute atomic E-state index is 0.117. The number of ether oxygens (including phenoxy) is 1. The second kappa shape index (κ2) is 9.62. The maximum absolute atomic E-state index is 12.7. The van der Waals surface area contributed by atoms with Crippen molar-refractivity contribution in [1.82, 2.24) is 14.9 Å². The van der Waals surface area contributed by atoms with Gasteiger partial charge in [-0.1, -0.05) is 6.42 Å². The SMILES string of the molecule is CCNC(=NCC1(CCOC)CCC1)NC1CCN(S(=O)(=O)C(F)(F)F)CC1. The van der Waals surface area contributed by atoms with Gasteiger partial charge in [-0.05, 0) is 44.4 Å². The number of hydrogen-bond donors (Lipinski definition) is 2. The Hall–Kier alpha value is -1.07. The Morgan fingerprint density at radius 3 is 2.39 bits per heavy atom. The number of hydrogen-bond acceptors (Lipinski definition) is 4. The van der Waals surface area contributed by atoms with Crippen molar-refractivity contribution < 1.29 is 26.3 Å². The Labute approximate surface area is 165 Å². The van der Waals surface area contributed by atoms with Crippen LogP contribution in [-0.4, -0.2) is 70.1 Å². The predicted octanol–water partition coefficient (Wildman–Crippen LogP) is 2.06. The Morgan fingerprint density at radius 2 is 1.93 bits per heavy atom. The minimum Gasteiger partial charge on any atom is -0.385 e. The number of alkyl halides is 3. The molecule has 0 spiro atoms. The molecule has 1 aliphatic heterocycles. The molecule has 2 rings (SSSR count). The van der Waals surface area contributed by atoms with Gasteiger partial charge in [-0.2, -0.15) is 17.5 Å². The predicted molar refractivity (Wildman–Crippen MR) is 101 cm³/mol. The molecule has 1 saturated carbocycles. The number of aliphatic imine (C=N–C) groups is 1. The summed E-state index contributed by atoms with van der Waals surface area (Å²) in [6.07, 6.45) is 4.98. The van der Waals surface area contributed by atoms with E-state index in [0.717, 1.165) is 19.3 Å². The summed E-state index contributed by atoms with van der Waals surface area (Å²) >= 11 is 0. The highest BCUT2D eigenvalue weighted by Gasteiger charge is 2.50. The first-order chi connectivity index (χ1) is 13.1. The highest BCUT2D eigenvalue weighted by Crippen LogP contribution is 2.44. The lowest BCUT2D eigenvalue weighted by Gasteiger charge is -2.41. The van der Waals surface area contributed by atoms with Gasteiger partial charge in [0.1, 0.15) is 0 Å². The van der Waals surface area contributed by atoms with Crippen LogP contribution in [0.5, 0.6) is 0 Å². The molecule has 1 aliphatic carbocycles. The molecular formula is C17H31F3N4O3S. The van der Waals surface area contributed by atoms with Gasteiger partial charge in [0.05, 0.1) is 0 Å². The van der Waals surface area contributed by atoms with E-state index in [9.17, 15) is 21.6 Å². The summed E-state index contributed by atoms with van der Waals surface area (Å²) < 4.78 is 66.8. The molecule has 0 aromatic rings. The van der Waals surface area contributed by atoms with Gasteiger partial charge in [-0.3, -0.25) is 4.99 Å². The van der Waals surface area contributed by atoms with Crippen LogP contribution >= 0.6 is 0 Å². The molecule has 0 bridgehead atoms. The van der Waals surface area contributed by atoms with Gasteiger partial charge in [-0.25, -0.2) is 8.42 Å². The first-order valence-corrected chi connectivity index (χ1v) is 11.2. The van der Waals surface area contributed by atoms with Crippen molar-refractivity contribution in [2.75, 3.05) is 39.9 Å². The largest absolute Gasteiger partial charge is 0.511 e. The van der Waals surface area contributed by atoms with E-state index >= 15 is 0 Å². The number of nitrogens with zero attached hydrogens (tertiary/aromatic N) is 2. The van der Waals surface area contributed by atoms with Crippen molar-refractivity contribution in [3.05, 3.63) is 0 Å². The van der Waals surface area contributed by atoms with Crippen molar-refractivity contribution in [2.24, 2.45) is 10.4 Å². The molecule has 0 unspecified atom stereocenters. The van der Waals surface area contributed by atoms with E-state index in [4.69, 9.17) is 4.74 Å². The van der Waals surface area contributed by atoms with E-state index < -0.39 is 15.5 Å². The van der Waals surface area contributed by atoms with Gasteiger partial charge in [0.2, 0.25) is 0 Å². The molecule has 2 fully saturated rings. The summed E-state index contributed by atoms with van der Waals surface area (Å²) in [6.45, 7) is 3.67. The van der Waals surface area contributed by atoms with E-state index in [2.05, 4.69) is 15.6 Å². The molecule has 28 heavy (non-hydrogen) atoms. The van der Waals surface area contributed by atoms with E-state index in [-0.39, 0.29) is 24.5 Å². The van der Waals surface area contributed by atoms with E-state index in [1.165, 1.54) is 6.42 Å². The molecule has 164 valence electrons. The first-order valence-electron chi connectivity index (χ1n) is 9.74. The second-order valence-electron chi connectivity index (χ2n) is 7.56. The molecule has 0 aromatic heterocycles. The molecule has 0 atom stereocenters. The molecule has 11 heteroatoms. The van der Waals surface area contributed by atoms with Crippen LogP contribution in [-0.2, 0) is 14.8 Å². The minimum atomic E-state index is -5.25. The lowest BCUT2D eigenvalue weighted by molar-refractivity contribution is -0.0494. The van der Waals surface area contributed by atoms with Crippen LogP contribution in [0.2, 0.25) is 0 Å². The maximum Gasteiger partial charge on any atom is 0.511 e. The number of piperidine rings is 1. The lowest BCUT2D eigenvalue weighted by Crippen LogP contribution is -2.52. The fraction of sp³-hybridized carbons (Fsp3) is 0.941. The fourth-order valence-electron chi connectivity index (χ4n) is 3.63. The summed E-state index contributed by atoms with van der Waals surface area (Å²) in [6, 6.07) is -0.117. The average molecular weight is 429 g/mol. The van der Waals surface area contributed by atoms with E-state index in [1.807, 2.05) is 6.92 Å². The number of guanidine groups is 1. The molecular weight excluding hydrogens is 397 g/mol. The topological polar surface area (TPSA) is 83.0 Å². The molecule has 0 aromatic carbocycles. The number of sulfonamides is 1. The van der Waals surface area contributed by atoms with Crippen LogP contribution in [0.25, 0.3) is 0 Å². The lowest BCUT2D eigenvalue weighted by atomic mass is 9.67. The number of halogens is 3. The molecule has 1 heterocycles. The Morgan fingerprint density at radius 1 is 1.29 bits per heavy atom. The summed E-state index contributed by atoms with van der Waals surface area (Å²) in [7, 11) is -3.56. The van der Waals surface area contributed by atoms with Crippen LogP contribution in [0.4, 0.5) is 13.2 Å². The van der Waals surface area contributed by atoms with Crippen molar-refractivity contribution in [2.45, 2.75) is 57.0 Å². The van der Waals surface area contributed by atoms with Crippen LogP contribution < -0.4 is 10.6 Å². The van der Waals surface area contributed by atoms with Gasteiger partial charge >= 0.3 is 15.5 Å². The molecule has 2 N–H and O–H groups in total. The number of nitrogens with one attached hydrogen (secondary N) is 2. The summed E-state index contributed by atoms with van der Waals surface area (Å²) in [4.78, 5) is 4.69. The second-order valence-corrected chi connectivity index (χ2v) is 9.49. The maximum atomic E-state index is 12.7. The number of methoxy groups -OCH3 is 1. The van der Waals surface area contributed by atoms with Crippen molar-refractivity contribution in [1.29, 1.82) is 0 Å². The van der Waals surface area contributed by atoms with Crippen molar-refractivity contribution in [3.63, 3.8) is 0 Å². The number of rotatable bonds is 8. The zero-order valence-electron chi connectivity index (χ0n) is 16.5. The first kappa shape index (κ1) is 23.2. The van der Waals surface area contributed by atoms with Gasteiger partial charge < -0.3 is 15.4 Å². The van der Waals surface area contributed by atoms with Gasteiger partial charge in [0.15, 0.2) is 5.96 Å². The molecule has 1 saturated heterocycles. The van der Waals surface area contributed by atoms with Gasteiger partial charge in [0, 0.05) is 45.9 Å². The third-order valence-electron chi connectivity index (χ3n) is 5.59.